The highest BCUT2D eigenvalue weighted by atomic mass is 35.5. The normalized spacial score (nSPS) is 9.50. The Hall–Kier alpha value is -1.55. The van der Waals surface area contributed by atoms with E-state index in [9.17, 15) is 4.79 Å². The Morgan fingerprint density at radius 1 is 1.57 bits per heavy atom. The number of nitrogens with one attached hydrogen (secondary N) is 2. The lowest BCUT2D eigenvalue weighted by molar-refractivity contribution is 0.0959. The molecule has 0 radical (unpaired) electrons. The van der Waals surface area contributed by atoms with Crippen LogP contribution in [0.5, 0.6) is 0 Å². The van der Waals surface area contributed by atoms with Gasteiger partial charge in [-0.3, -0.25) is 10.2 Å². The van der Waals surface area contributed by atoms with Crippen molar-refractivity contribution in [1.82, 2.24) is 5.32 Å². The van der Waals surface area contributed by atoms with Gasteiger partial charge in [0.1, 0.15) is 5.84 Å². The molecular weight excluding hydrogens is 202 g/mol. The van der Waals surface area contributed by atoms with Crippen LogP contribution in [0, 0.1) is 5.41 Å². The molecule has 0 aromatic heterocycles. The number of hydrogen-bond donors (Lipinski definition) is 3. The molecule has 0 saturated carbocycles. The van der Waals surface area contributed by atoms with Crippen molar-refractivity contribution in [3.05, 3.63) is 34.9 Å². The fourth-order valence-corrected chi connectivity index (χ4v) is 1.10. The summed E-state index contributed by atoms with van der Waals surface area (Å²) in [6.45, 7) is 0.0470. The average Bonchev–Trinajstić information content (AvgIpc) is 2.14. The zero-order chi connectivity index (χ0) is 10.6. The van der Waals surface area contributed by atoms with Crippen molar-refractivity contribution in [2.45, 2.75) is 0 Å². The summed E-state index contributed by atoms with van der Waals surface area (Å²) < 4.78 is 0. The van der Waals surface area contributed by atoms with E-state index in [0.29, 0.717) is 10.6 Å². The van der Waals surface area contributed by atoms with Gasteiger partial charge in [-0.15, -0.1) is 0 Å². The maximum atomic E-state index is 11.4. The number of benzene rings is 1. The second-order valence-corrected chi connectivity index (χ2v) is 3.15. The largest absolute Gasteiger partial charge is 0.386 e. The molecular formula is C9H10ClN3O. The molecule has 0 fully saturated rings. The molecule has 0 saturated heterocycles. The van der Waals surface area contributed by atoms with Gasteiger partial charge in [0.15, 0.2) is 0 Å². The first kappa shape index (κ1) is 10.5. The van der Waals surface area contributed by atoms with Crippen molar-refractivity contribution in [3.8, 4) is 0 Å². The zero-order valence-corrected chi connectivity index (χ0v) is 8.14. The Bertz CT molecular complexity index is 365. The van der Waals surface area contributed by atoms with Crippen molar-refractivity contribution in [2.24, 2.45) is 5.73 Å². The number of nitrogens with two attached hydrogens (primary N) is 1. The predicted octanol–water partition coefficient (Wildman–Crippen LogP) is 1.01. The van der Waals surface area contributed by atoms with Crippen molar-refractivity contribution in [1.29, 1.82) is 5.41 Å². The van der Waals surface area contributed by atoms with Crippen LogP contribution in [0.2, 0.25) is 5.02 Å². The van der Waals surface area contributed by atoms with Crippen LogP contribution < -0.4 is 11.1 Å². The minimum atomic E-state index is -0.289. The minimum Gasteiger partial charge on any atom is -0.386 e. The summed E-state index contributed by atoms with van der Waals surface area (Å²) >= 11 is 5.70. The van der Waals surface area contributed by atoms with Gasteiger partial charge in [0.05, 0.1) is 6.54 Å². The zero-order valence-electron chi connectivity index (χ0n) is 7.38. The summed E-state index contributed by atoms with van der Waals surface area (Å²) in [6, 6.07) is 6.56. The van der Waals surface area contributed by atoms with Crippen LogP contribution in [0.4, 0.5) is 0 Å². The topological polar surface area (TPSA) is 79.0 Å². The van der Waals surface area contributed by atoms with E-state index in [1.54, 1.807) is 24.3 Å². The summed E-state index contributed by atoms with van der Waals surface area (Å²) in [5.74, 6) is -0.372. The quantitative estimate of drug-likeness (QED) is 0.515. The molecule has 0 aliphatic carbocycles. The molecule has 0 aliphatic heterocycles. The van der Waals surface area contributed by atoms with Gasteiger partial charge < -0.3 is 11.1 Å². The standard InChI is InChI=1S/C9H10ClN3O/c10-7-3-1-2-6(4-7)9(14)13-5-8(11)12/h1-4H,5H2,(H3,11,12)(H,13,14). The molecule has 0 heterocycles. The van der Waals surface area contributed by atoms with Crippen molar-refractivity contribution in [3.63, 3.8) is 0 Å². The molecule has 1 rings (SSSR count). The fourth-order valence-electron chi connectivity index (χ4n) is 0.907. The second-order valence-electron chi connectivity index (χ2n) is 2.72. The first-order chi connectivity index (χ1) is 6.59. The van der Waals surface area contributed by atoms with Crippen LogP contribution in [0.15, 0.2) is 24.3 Å². The smallest absolute Gasteiger partial charge is 0.251 e. The van der Waals surface area contributed by atoms with E-state index in [1.807, 2.05) is 0 Å². The first-order valence-corrected chi connectivity index (χ1v) is 4.34. The van der Waals surface area contributed by atoms with Gasteiger partial charge in [-0.1, -0.05) is 17.7 Å². The molecule has 1 amide bonds. The third kappa shape index (κ3) is 3.06. The highest BCUT2D eigenvalue weighted by molar-refractivity contribution is 6.30. The number of halogens is 1. The number of rotatable bonds is 3. The number of amides is 1. The van der Waals surface area contributed by atoms with E-state index in [4.69, 9.17) is 22.7 Å². The Balaban J connectivity index is 2.65. The Morgan fingerprint density at radius 3 is 2.86 bits per heavy atom. The van der Waals surface area contributed by atoms with Gasteiger partial charge in [-0.2, -0.15) is 0 Å². The SMILES string of the molecule is N=C(N)CNC(=O)c1cccc(Cl)c1. The fraction of sp³-hybridized carbons (Fsp3) is 0.111. The lowest BCUT2D eigenvalue weighted by Crippen LogP contribution is -2.32. The average molecular weight is 212 g/mol. The van der Waals surface area contributed by atoms with Crippen LogP contribution in [0.3, 0.4) is 0 Å². The van der Waals surface area contributed by atoms with Crippen LogP contribution in [0.25, 0.3) is 0 Å². The highest BCUT2D eigenvalue weighted by Crippen LogP contribution is 2.10. The third-order valence-electron chi connectivity index (χ3n) is 1.53. The third-order valence-corrected chi connectivity index (χ3v) is 1.76. The van der Waals surface area contributed by atoms with Gasteiger partial charge in [-0.05, 0) is 18.2 Å². The van der Waals surface area contributed by atoms with Crippen LogP contribution >= 0.6 is 11.6 Å². The maximum absolute atomic E-state index is 11.4. The number of carbonyl (C=O) groups is 1. The molecule has 0 bridgehead atoms. The molecule has 74 valence electrons. The van der Waals surface area contributed by atoms with E-state index in [-0.39, 0.29) is 18.3 Å². The van der Waals surface area contributed by atoms with Gasteiger partial charge in [-0.25, -0.2) is 0 Å². The molecule has 0 unspecified atom stereocenters. The van der Waals surface area contributed by atoms with E-state index in [0.717, 1.165) is 0 Å². The molecule has 0 atom stereocenters. The van der Waals surface area contributed by atoms with Crippen LogP contribution in [-0.2, 0) is 0 Å². The van der Waals surface area contributed by atoms with Crippen molar-refractivity contribution >= 4 is 23.3 Å². The van der Waals surface area contributed by atoms with E-state index in [1.165, 1.54) is 0 Å². The summed E-state index contributed by atoms with van der Waals surface area (Å²) in [6.07, 6.45) is 0. The molecule has 0 spiro atoms. The minimum absolute atomic E-state index is 0.0470. The van der Waals surface area contributed by atoms with E-state index in [2.05, 4.69) is 5.32 Å². The molecule has 5 heteroatoms. The molecule has 1 aromatic carbocycles. The van der Waals surface area contributed by atoms with Gasteiger partial charge in [0.2, 0.25) is 0 Å². The monoisotopic (exact) mass is 211 g/mol. The van der Waals surface area contributed by atoms with Crippen molar-refractivity contribution < 1.29 is 4.79 Å². The van der Waals surface area contributed by atoms with Crippen molar-refractivity contribution in [2.75, 3.05) is 6.54 Å². The van der Waals surface area contributed by atoms with Gasteiger partial charge in [0, 0.05) is 10.6 Å². The number of hydrogen-bond acceptors (Lipinski definition) is 2. The maximum Gasteiger partial charge on any atom is 0.251 e. The molecule has 4 nitrogen and oxygen atoms in total. The molecule has 1 aromatic rings. The van der Waals surface area contributed by atoms with E-state index < -0.39 is 0 Å². The summed E-state index contributed by atoms with van der Waals surface area (Å²) in [7, 11) is 0. The Morgan fingerprint density at radius 2 is 2.29 bits per heavy atom. The Labute approximate surface area is 86.6 Å². The summed E-state index contributed by atoms with van der Waals surface area (Å²) in [5, 5.41) is 9.91. The first-order valence-electron chi connectivity index (χ1n) is 3.96. The van der Waals surface area contributed by atoms with Crippen LogP contribution in [-0.4, -0.2) is 18.3 Å². The lowest BCUT2D eigenvalue weighted by Gasteiger charge is -2.03. The Kier molecular flexibility index (Phi) is 3.48. The van der Waals surface area contributed by atoms with Gasteiger partial charge in [0.25, 0.3) is 5.91 Å². The second kappa shape index (κ2) is 4.62. The molecule has 14 heavy (non-hydrogen) atoms. The van der Waals surface area contributed by atoms with Gasteiger partial charge >= 0.3 is 0 Å². The molecule has 0 aliphatic rings. The lowest BCUT2D eigenvalue weighted by atomic mass is 10.2. The number of carbonyl (C=O) groups excluding carboxylic acids is 1. The highest BCUT2D eigenvalue weighted by Gasteiger charge is 2.04. The molecule has 4 N–H and O–H groups in total. The van der Waals surface area contributed by atoms with Crippen LogP contribution in [0.1, 0.15) is 10.4 Å². The summed E-state index contributed by atoms with van der Waals surface area (Å²) in [5.41, 5.74) is 5.55. The predicted molar refractivity (Wildman–Crippen MR) is 55.7 cm³/mol. The summed E-state index contributed by atoms with van der Waals surface area (Å²) in [4.78, 5) is 11.4. The number of amidine groups is 1. The van der Waals surface area contributed by atoms with E-state index >= 15 is 0 Å².